The number of carbonyl (C=O) groups is 2. The molecule has 10 heteroatoms. The van der Waals surface area contributed by atoms with Crippen molar-refractivity contribution in [3.8, 4) is 17.0 Å². The summed E-state index contributed by atoms with van der Waals surface area (Å²) in [5.41, 5.74) is 1.01. The van der Waals surface area contributed by atoms with E-state index in [1.807, 2.05) is 30.3 Å². The standard InChI is InChI=1S/C22H21N3O6S/c1-15(31-20(26)11-6-12-30-18-9-3-2-4-10-18)21(27)24-22-23-19(14-32-22)16-7-5-8-17(13-16)25(28)29/h2-5,7-10,13-15H,6,11-12H2,1H3,(H,23,24,27). The number of nitrogens with zero attached hydrogens (tertiary/aromatic N) is 2. The molecule has 1 unspecified atom stereocenters. The molecular weight excluding hydrogens is 434 g/mol. The van der Waals surface area contributed by atoms with Gasteiger partial charge in [0.2, 0.25) is 0 Å². The molecule has 1 N–H and O–H groups in total. The van der Waals surface area contributed by atoms with Gasteiger partial charge in [0.25, 0.3) is 11.6 Å². The zero-order chi connectivity index (χ0) is 22.9. The molecule has 0 radical (unpaired) electrons. The van der Waals surface area contributed by atoms with Crippen LogP contribution in [0.5, 0.6) is 5.75 Å². The van der Waals surface area contributed by atoms with Crippen LogP contribution < -0.4 is 10.1 Å². The lowest BCUT2D eigenvalue weighted by Crippen LogP contribution is -2.30. The van der Waals surface area contributed by atoms with Crippen LogP contribution in [0.1, 0.15) is 19.8 Å². The number of hydrogen-bond donors (Lipinski definition) is 1. The van der Waals surface area contributed by atoms with Crippen LogP contribution in [-0.4, -0.2) is 34.5 Å². The molecule has 0 aliphatic rings. The van der Waals surface area contributed by atoms with Crippen LogP contribution in [0, 0.1) is 10.1 Å². The summed E-state index contributed by atoms with van der Waals surface area (Å²) >= 11 is 1.17. The van der Waals surface area contributed by atoms with E-state index in [2.05, 4.69) is 10.3 Å². The molecule has 1 atom stereocenters. The molecule has 0 fully saturated rings. The largest absolute Gasteiger partial charge is 0.494 e. The Bertz CT molecular complexity index is 1090. The molecule has 0 aliphatic carbocycles. The van der Waals surface area contributed by atoms with E-state index in [4.69, 9.17) is 9.47 Å². The maximum absolute atomic E-state index is 12.3. The first-order valence-electron chi connectivity index (χ1n) is 9.81. The summed E-state index contributed by atoms with van der Waals surface area (Å²) < 4.78 is 10.7. The van der Waals surface area contributed by atoms with Gasteiger partial charge in [0, 0.05) is 29.5 Å². The van der Waals surface area contributed by atoms with Gasteiger partial charge in [-0.15, -0.1) is 11.3 Å². The number of ether oxygens (including phenoxy) is 2. The zero-order valence-electron chi connectivity index (χ0n) is 17.2. The molecule has 0 saturated carbocycles. The van der Waals surface area contributed by atoms with Crippen molar-refractivity contribution in [3.63, 3.8) is 0 Å². The van der Waals surface area contributed by atoms with E-state index >= 15 is 0 Å². The normalized spacial score (nSPS) is 11.4. The Balaban J connectivity index is 1.44. The molecule has 3 aromatic rings. The van der Waals surface area contributed by atoms with Crippen LogP contribution in [0.15, 0.2) is 60.0 Å². The van der Waals surface area contributed by atoms with E-state index in [-0.39, 0.29) is 12.1 Å². The fourth-order valence-electron chi connectivity index (χ4n) is 2.68. The van der Waals surface area contributed by atoms with E-state index in [9.17, 15) is 19.7 Å². The Morgan fingerprint density at radius 2 is 1.97 bits per heavy atom. The van der Waals surface area contributed by atoms with Crippen LogP contribution in [0.4, 0.5) is 10.8 Å². The summed E-state index contributed by atoms with van der Waals surface area (Å²) in [6.07, 6.45) is -0.414. The van der Waals surface area contributed by atoms with Gasteiger partial charge in [0.15, 0.2) is 11.2 Å². The van der Waals surface area contributed by atoms with Crippen molar-refractivity contribution >= 4 is 34.0 Å². The second kappa shape index (κ2) is 11.0. The number of esters is 1. The Morgan fingerprint density at radius 3 is 2.72 bits per heavy atom. The van der Waals surface area contributed by atoms with Crippen LogP contribution in [0.25, 0.3) is 11.3 Å². The minimum absolute atomic E-state index is 0.0456. The van der Waals surface area contributed by atoms with E-state index in [0.717, 1.165) is 5.75 Å². The smallest absolute Gasteiger partial charge is 0.306 e. The predicted octanol–water partition coefficient (Wildman–Crippen LogP) is 4.45. The van der Waals surface area contributed by atoms with Crippen molar-refractivity contribution < 1.29 is 24.0 Å². The summed E-state index contributed by atoms with van der Waals surface area (Å²) in [6.45, 7) is 1.84. The van der Waals surface area contributed by atoms with Crippen molar-refractivity contribution in [2.75, 3.05) is 11.9 Å². The SMILES string of the molecule is CC(OC(=O)CCCOc1ccccc1)C(=O)Nc1nc(-c2cccc([N+](=O)[O-])c2)cs1. The van der Waals surface area contributed by atoms with Crippen molar-refractivity contribution in [2.24, 2.45) is 0 Å². The fourth-order valence-corrected chi connectivity index (χ4v) is 3.41. The molecule has 2 aromatic carbocycles. The lowest BCUT2D eigenvalue weighted by atomic mass is 10.1. The number of amides is 1. The van der Waals surface area contributed by atoms with Crippen molar-refractivity contribution in [3.05, 3.63) is 70.1 Å². The highest BCUT2D eigenvalue weighted by molar-refractivity contribution is 7.14. The Morgan fingerprint density at radius 1 is 1.19 bits per heavy atom. The maximum Gasteiger partial charge on any atom is 0.306 e. The minimum Gasteiger partial charge on any atom is -0.494 e. The molecule has 166 valence electrons. The van der Waals surface area contributed by atoms with Gasteiger partial charge >= 0.3 is 5.97 Å². The number of nitrogens with one attached hydrogen (secondary N) is 1. The number of para-hydroxylation sites is 1. The first-order valence-corrected chi connectivity index (χ1v) is 10.7. The van der Waals surface area contributed by atoms with Gasteiger partial charge < -0.3 is 9.47 Å². The first-order chi connectivity index (χ1) is 15.4. The third kappa shape index (κ3) is 6.61. The highest BCUT2D eigenvalue weighted by atomic mass is 32.1. The maximum atomic E-state index is 12.3. The van der Waals surface area contributed by atoms with Gasteiger partial charge in [0.05, 0.1) is 17.2 Å². The van der Waals surface area contributed by atoms with E-state index in [0.29, 0.717) is 29.4 Å². The van der Waals surface area contributed by atoms with E-state index < -0.39 is 22.9 Å². The first kappa shape index (κ1) is 22.9. The van der Waals surface area contributed by atoms with Gasteiger partial charge in [-0.05, 0) is 25.5 Å². The lowest BCUT2D eigenvalue weighted by molar-refractivity contribution is -0.384. The number of rotatable bonds is 10. The molecule has 3 rings (SSSR count). The van der Waals surface area contributed by atoms with Crippen LogP contribution in [0.3, 0.4) is 0 Å². The van der Waals surface area contributed by atoms with Crippen LogP contribution in [0.2, 0.25) is 0 Å². The monoisotopic (exact) mass is 455 g/mol. The summed E-state index contributed by atoms with van der Waals surface area (Å²) in [6, 6.07) is 15.3. The highest BCUT2D eigenvalue weighted by Gasteiger charge is 2.19. The second-order valence-electron chi connectivity index (χ2n) is 6.73. The topological polar surface area (TPSA) is 121 Å². The van der Waals surface area contributed by atoms with Crippen molar-refractivity contribution in [1.82, 2.24) is 4.98 Å². The number of nitro benzene ring substituents is 1. The van der Waals surface area contributed by atoms with E-state index in [1.165, 1.54) is 30.4 Å². The number of thiazole rings is 1. The van der Waals surface area contributed by atoms with E-state index in [1.54, 1.807) is 17.5 Å². The Kier molecular flexibility index (Phi) is 7.87. The third-order valence-electron chi connectivity index (χ3n) is 4.30. The van der Waals surface area contributed by atoms with Gasteiger partial charge in [-0.2, -0.15) is 0 Å². The molecule has 0 aliphatic heterocycles. The summed E-state index contributed by atoms with van der Waals surface area (Å²) in [7, 11) is 0. The second-order valence-corrected chi connectivity index (χ2v) is 7.59. The zero-order valence-corrected chi connectivity index (χ0v) is 18.0. The number of carbonyl (C=O) groups excluding carboxylic acids is 2. The Labute approximate surface area is 188 Å². The average molecular weight is 455 g/mol. The van der Waals surface area contributed by atoms with Crippen LogP contribution >= 0.6 is 11.3 Å². The summed E-state index contributed by atoms with van der Waals surface area (Å²) in [4.78, 5) is 39.0. The Hall–Kier alpha value is -3.79. The predicted molar refractivity (Wildman–Crippen MR) is 120 cm³/mol. The van der Waals surface area contributed by atoms with Gasteiger partial charge in [-0.3, -0.25) is 25.0 Å². The third-order valence-corrected chi connectivity index (χ3v) is 5.06. The average Bonchev–Trinajstić information content (AvgIpc) is 3.26. The van der Waals surface area contributed by atoms with Gasteiger partial charge in [-0.25, -0.2) is 4.98 Å². The van der Waals surface area contributed by atoms with Crippen molar-refractivity contribution in [2.45, 2.75) is 25.9 Å². The minimum atomic E-state index is -0.997. The van der Waals surface area contributed by atoms with Crippen molar-refractivity contribution in [1.29, 1.82) is 0 Å². The highest BCUT2D eigenvalue weighted by Crippen LogP contribution is 2.27. The van der Waals surface area contributed by atoms with Crippen LogP contribution in [-0.2, 0) is 14.3 Å². The quantitative estimate of drug-likeness (QED) is 0.207. The van der Waals surface area contributed by atoms with Gasteiger partial charge in [0.1, 0.15) is 5.75 Å². The molecule has 32 heavy (non-hydrogen) atoms. The molecule has 1 amide bonds. The summed E-state index contributed by atoms with van der Waals surface area (Å²) in [5, 5.41) is 15.5. The molecule has 0 bridgehead atoms. The fraction of sp³-hybridized carbons (Fsp3) is 0.227. The molecule has 0 saturated heterocycles. The molecule has 9 nitrogen and oxygen atoms in total. The molecular formula is C22H21N3O6S. The summed E-state index contributed by atoms with van der Waals surface area (Å²) in [5.74, 6) is -0.291. The number of nitro groups is 1. The molecule has 1 heterocycles. The number of hydrogen-bond acceptors (Lipinski definition) is 8. The molecule has 0 spiro atoms. The number of non-ortho nitro benzene ring substituents is 1. The number of anilines is 1. The number of benzene rings is 2. The van der Waals surface area contributed by atoms with Gasteiger partial charge in [-0.1, -0.05) is 30.3 Å². The molecule has 1 aromatic heterocycles. The lowest BCUT2D eigenvalue weighted by Gasteiger charge is -2.12. The number of aromatic nitrogens is 1.